The van der Waals surface area contributed by atoms with Crippen molar-refractivity contribution in [1.82, 2.24) is 0 Å². The highest BCUT2D eigenvalue weighted by Gasteiger charge is 2.29. The third-order valence-corrected chi connectivity index (χ3v) is 1.49. The Kier molecular flexibility index (Phi) is 3.60. The zero-order chi connectivity index (χ0) is 8.48. The van der Waals surface area contributed by atoms with E-state index in [0.717, 1.165) is 12.1 Å². The van der Waals surface area contributed by atoms with E-state index in [0.29, 0.717) is 4.90 Å². The molecule has 0 spiro atoms. The molecule has 0 aliphatic rings. The average molecular weight is 196 g/mol. The molecule has 0 saturated carbocycles. The largest absolute Gasteiger partial charge is 0.416 e. The number of alkyl halides is 3. The maximum absolute atomic E-state index is 11.9. The lowest BCUT2D eigenvalue weighted by Crippen LogP contribution is -2.03. The zero-order valence-corrected chi connectivity index (χ0v) is 6.78. The smallest absolute Gasteiger partial charge is 0.412 e. The van der Waals surface area contributed by atoms with E-state index in [1.165, 1.54) is 12.1 Å². The topological polar surface area (TPSA) is 31.5 Å². The van der Waals surface area contributed by atoms with Gasteiger partial charge in [0.15, 0.2) is 0 Å². The number of halogens is 3. The number of rotatable bonds is 0. The summed E-state index contributed by atoms with van der Waals surface area (Å²) in [5, 5.41) is 0. The molecule has 1 aromatic carbocycles. The molecule has 0 amide bonds. The summed E-state index contributed by atoms with van der Waals surface area (Å²) in [6.07, 6.45) is -4.25. The van der Waals surface area contributed by atoms with Crippen molar-refractivity contribution in [2.24, 2.45) is 0 Å². The molecule has 0 heterocycles. The maximum atomic E-state index is 11.9. The lowest BCUT2D eigenvalue weighted by Gasteiger charge is -2.05. The molecule has 0 aliphatic carbocycles. The van der Waals surface area contributed by atoms with Gasteiger partial charge in [-0.15, -0.1) is 12.6 Å². The van der Waals surface area contributed by atoms with Crippen LogP contribution in [0.25, 0.3) is 0 Å². The molecule has 5 heteroatoms. The quantitative estimate of drug-likeness (QED) is 0.617. The summed E-state index contributed by atoms with van der Waals surface area (Å²) in [7, 11) is 0. The van der Waals surface area contributed by atoms with Crippen molar-refractivity contribution in [3.63, 3.8) is 0 Å². The van der Waals surface area contributed by atoms with E-state index in [4.69, 9.17) is 0 Å². The normalized spacial score (nSPS) is 10.7. The summed E-state index contributed by atoms with van der Waals surface area (Å²) in [4.78, 5) is 0.526. The molecule has 68 valence electrons. The average Bonchev–Trinajstić information content (AvgIpc) is 1.86. The molecular formula is C7H7F3OS. The molecular weight excluding hydrogens is 189 g/mol. The van der Waals surface area contributed by atoms with Gasteiger partial charge in [0, 0.05) is 4.90 Å². The van der Waals surface area contributed by atoms with Crippen molar-refractivity contribution in [3.05, 3.63) is 29.8 Å². The first-order valence-corrected chi connectivity index (χ1v) is 3.31. The van der Waals surface area contributed by atoms with Crippen molar-refractivity contribution in [2.45, 2.75) is 11.1 Å². The first-order valence-electron chi connectivity index (χ1n) is 2.86. The Balaban J connectivity index is 0.00000121. The number of benzene rings is 1. The van der Waals surface area contributed by atoms with Crippen LogP contribution >= 0.6 is 12.6 Å². The van der Waals surface area contributed by atoms with E-state index in [-0.39, 0.29) is 5.48 Å². The molecule has 0 aliphatic heterocycles. The molecule has 1 aromatic rings. The molecule has 0 radical (unpaired) electrons. The molecule has 1 nitrogen and oxygen atoms in total. The second kappa shape index (κ2) is 3.82. The van der Waals surface area contributed by atoms with Crippen LogP contribution in [-0.4, -0.2) is 5.48 Å². The van der Waals surface area contributed by atoms with Crippen molar-refractivity contribution in [2.75, 3.05) is 0 Å². The fraction of sp³-hybridized carbons (Fsp3) is 0.143. The van der Waals surface area contributed by atoms with Crippen LogP contribution in [0.5, 0.6) is 0 Å². The Bertz CT molecular complexity index is 242. The zero-order valence-electron chi connectivity index (χ0n) is 5.89. The van der Waals surface area contributed by atoms with Crippen LogP contribution in [0, 0.1) is 0 Å². The predicted octanol–water partition coefficient (Wildman–Crippen LogP) is 2.17. The van der Waals surface area contributed by atoms with E-state index in [2.05, 4.69) is 12.6 Å². The minimum absolute atomic E-state index is 0. The molecule has 0 atom stereocenters. The second-order valence-corrected chi connectivity index (χ2v) is 2.56. The minimum atomic E-state index is -4.25. The summed E-state index contributed by atoms with van der Waals surface area (Å²) < 4.78 is 35.7. The predicted molar refractivity (Wildman–Crippen MR) is 42.3 cm³/mol. The van der Waals surface area contributed by atoms with Gasteiger partial charge in [-0.25, -0.2) is 0 Å². The minimum Gasteiger partial charge on any atom is -0.412 e. The van der Waals surface area contributed by atoms with Crippen LogP contribution in [-0.2, 0) is 6.18 Å². The SMILES string of the molecule is FC(F)(F)c1ccc(S)cc1.O. The van der Waals surface area contributed by atoms with Crippen molar-refractivity contribution in [1.29, 1.82) is 0 Å². The van der Waals surface area contributed by atoms with Crippen LogP contribution in [0.4, 0.5) is 13.2 Å². The Morgan fingerprint density at radius 2 is 1.42 bits per heavy atom. The van der Waals surface area contributed by atoms with E-state index in [9.17, 15) is 13.2 Å². The Labute approximate surface area is 72.9 Å². The summed E-state index contributed by atoms with van der Waals surface area (Å²) in [6, 6.07) is 4.63. The third-order valence-electron chi connectivity index (χ3n) is 1.19. The molecule has 0 fully saturated rings. The molecule has 0 aromatic heterocycles. The van der Waals surface area contributed by atoms with Gasteiger partial charge in [-0.1, -0.05) is 0 Å². The standard InChI is InChI=1S/C7H5F3S.H2O/c8-7(9,10)5-1-3-6(11)4-2-5;/h1-4,11H;1H2. The van der Waals surface area contributed by atoms with E-state index >= 15 is 0 Å². The third kappa shape index (κ3) is 2.75. The summed E-state index contributed by atoms with van der Waals surface area (Å²) in [5.74, 6) is 0. The molecule has 0 saturated heterocycles. The maximum Gasteiger partial charge on any atom is 0.416 e. The molecule has 2 N–H and O–H groups in total. The van der Waals surface area contributed by atoms with Gasteiger partial charge in [-0.2, -0.15) is 13.2 Å². The fourth-order valence-corrected chi connectivity index (χ4v) is 0.799. The molecule has 1 rings (SSSR count). The molecule has 0 bridgehead atoms. The van der Waals surface area contributed by atoms with E-state index < -0.39 is 11.7 Å². The van der Waals surface area contributed by atoms with Gasteiger partial charge in [0.2, 0.25) is 0 Å². The number of hydrogen-bond acceptors (Lipinski definition) is 1. The van der Waals surface area contributed by atoms with Gasteiger partial charge >= 0.3 is 6.18 Å². The number of thiol groups is 1. The Morgan fingerprint density at radius 1 is 1.00 bits per heavy atom. The first kappa shape index (κ1) is 11.3. The van der Waals surface area contributed by atoms with Crippen LogP contribution in [0.1, 0.15) is 5.56 Å². The van der Waals surface area contributed by atoms with Crippen molar-refractivity contribution >= 4 is 12.6 Å². The molecule has 12 heavy (non-hydrogen) atoms. The van der Waals surface area contributed by atoms with Gasteiger partial charge in [-0.3, -0.25) is 0 Å². The lowest BCUT2D eigenvalue weighted by atomic mass is 10.2. The second-order valence-electron chi connectivity index (χ2n) is 2.04. The van der Waals surface area contributed by atoms with E-state index in [1.807, 2.05) is 0 Å². The first-order chi connectivity index (χ1) is 5.00. The van der Waals surface area contributed by atoms with Gasteiger partial charge in [-0.05, 0) is 24.3 Å². The van der Waals surface area contributed by atoms with Crippen molar-refractivity contribution < 1.29 is 18.6 Å². The van der Waals surface area contributed by atoms with Gasteiger partial charge in [0.1, 0.15) is 0 Å². The van der Waals surface area contributed by atoms with Crippen molar-refractivity contribution in [3.8, 4) is 0 Å². The van der Waals surface area contributed by atoms with Crippen LogP contribution < -0.4 is 0 Å². The summed E-state index contributed by atoms with van der Waals surface area (Å²) >= 11 is 3.86. The summed E-state index contributed by atoms with van der Waals surface area (Å²) in [5.41, 5.74) is -0.643. The van der Waals surface area contributed by atoms with Gasteiger partial charge < -0.3 is 5.48 Å². The highest BCUT2D eigenvalue weighted by atomic mass is 32.1. The number of hydrogen-bond donors (Lipinski definition) is 1. The van der Waals surface area contributed by atoms with Gasteiger partial charge in [0.05, 0.1) is 5.56 Å². The molecule has 0 unspecified atom stereocenters. The van der Waals surface area contributed by atoms with E-state index in [1.54, 1.807) is 0 Å². The highest BCUT2D eigenvalue weighted by molar-refractivity contribution is 7.80. The van der Waals surface area contributed by atoms with Crippen LogP contribution in [0.2, 0.25) is 0 Å². The summed E-state index contributed by atoms with van der Waals surface area (Å²) in [6.45, 7) is 0. The fourth-order valence-electron chi connectivity index (χ4n) is 0.650. The lowest BCUT2D eigenvalue weighted by molar-refractivity contribution is -0.137. The Morgan fingerprint density at radius 3 is 1.75 bits per heavy atom. The van der Waals surface area contributed by atoms with Gasteiger partial charge in [0.25, 0.3) is 0 Å². The highest BCUT2D eigenvalue weighted by Crippen LogP contribution is 2.29. The van der Waals surface area contributed by atoms with Crippen LogP contribution in [0.15, 0.2) is 29.2 Å². The Hall–Kier alpha value is -0.680. The monoisotopic (exact) mass is 196 g/mol. The van der Waals surface area contributed by atoms with Crippen LogP contribution in [0.3, 0.4) is 0 Å².